The number of aromatic nitrogens is 1. The van der Waals surface area contributed by atoms with Crippen molar-refractivity contribution < 1.29 is 32.3 Å². The summed E-state index contributed by atoms with van der Waals surface area (Å²) < 4.78 is 47.9. The number of rotatable bonds is 10. The number of aromatic amines is 1. The molecule has 0 bridgehead atoms. The highest BCUT2D eigenvalue weighted by atomic mass is 19.3. The molecule has 1 fully saturated rings. The number of ether oxygens (including phenoxy) is 1. The van der Waals surface area contributed by atoms with E-state index in [0.29, 0.717) is 29.6 Å². The Morgan fingerprint density at radius 1 is 1.28 bits per heavy atom. The van der Waals surface area contributed by atoms with Gasteiger partial charge in [-0.1, -0.05) is 19.9 Å². The van der Waals surface area contributed by atoms with Crippen LogP contribution in [0.15, 0.2) is 24.3 Å². The smallest absolute Gasteiger partial charge is 0.268 e. The van der Waals surface area contributed by atoms with Crippen molar-refractivity contribution in [3.05, 3.63) is 30.0 Å². The highest BCUT2D eigenvalue weighted by Gasteiger charge is 2.47. The normalized spacial score (nSPS) is 18.3. The molecule has 194 valence electrons. The number of nitriles is 1. The second kappa shape index (κ2) is 10.9. The number of methoxy groups -OCH3 is 1. The first-order chi connectivity index (χ1) is 17.0. The maximum absolute atomic E-state index is 15.4. The zero-order chi connectivity index (χ0) is 26.6. The summed E-state index contributed by atoms with van der Waals surface area (Å²) in [6.45, 7) is 2.30. The van der Waals surface area contributed by atoms with Gasteiger partial charge in [-0.25, -0.2) is 13.2 Å². The third kappa shape index (κ3) is 5.56. The number of fused-ring (bicyclic) bond motifs is 1. The van der Waals surface area contributed by atoms with Crippen molar-refractivity contribution in [3.8, 4) is 11.8 Å². The molecule has 3 amide bonds. The Labute approximate surface area is 205 Å². The average molecular weight is 508 g/mol. The Balaban J connectivity index is 1.85. The lowest BCUT2D eigenvalue weighted by molar-refractivity contribution is -0.129. The van der Waals surface area contributed by atoms with E-state index in [1.165, 1.54) is 13.2 Å². The maximum atomic E-state index is 15.4. The van der Waals surface area contributed by atoms with Crippen molar-refractivity contribution in [3.63, 3.8) is 0 Å². The molecule has 0 saturated carbocycles. The van der Waals surface area contributed by atoms with Crippen molar-refractivity contribution in [1.29, 1.82) is 5.26 Å². The van der Waals surface area contributed by atoms with Gasteiger partial charge in [0, 0.05) is 23.4 Å². The fraction of sp³-hybridized carbons (Fsp3) is 0.500. The van der Waals surface area contributed by atoms with Crippen LogP contribution in [0.4, 0.5) is 13.2 Å². The third-order valence-electron chi connectivity index (χ3n) is 6.38. The second-order valence-corrected chi connectivity index (χ2v) is 9.28. The molecule has 0 radical (unpaired) electrons. The summed E-state index contributed by atoms with van der Waals surface area (Å²) in [6.07, 6.45) is -5.23. The molecule has 3 rings (SSSR count). The highest BCUT2D eigenvalue weighted by molar-refractivity contribution is 6.01. The molecule has 4 atom stereocenters. The number of hydrogen-bond acceptors (Lipinski definition) is 5. The van der Waals surface area contributed by atoms with Gasteiger partial charge in [-0.15, -0.1) is 0 Å². The van der Waals surface area contributed by atoms with E-state index in [1.807, 2.05) is 6.07 Å². The molecule has 36 heavy (non-hydrogen) atoms. The predicted molar refractivity (Wildman–Crippen MR) is 124 cm³/mol. The van der Waals surface area contributed by atoms with Crippen molar-refractivity contribution in [2.24, 2.45) is 11.3 Å². The summed E-state index contributed by atoms with van der Waals surface area (Å²) in [5.74, 6) is -2.39. The quantitative estimate of drug-likeness (QED) is 0.392. The van der Waals surface area contributed by atoms with Crippen LogP contribution in [-0.2, 0) is 9.59 Å². The Bertz CT molecular complexity index is 1180. The standard InChI is InChI=1S/C24H28F3N5O4/c1-24(2,23(26)27)19(25)18(22(35)30-13(11-28)9-12-7-8-29-20(12)33)32-21(34)16-10-14-15(31-16)5-4-6-17(14)36-3/h4-6,10,12-13,18-19,23,31H,7-9H2,1-3H3,(H,29,33)(H,30,35)(H,32,34)/t12-,13-,18+,19?/m0/s1. The number of nitrogens with one attached hydrogen (secondary N) is 4. The van der Waals surface area contributed by atoms with Crippen LogP contribution in [0.5, 0.6) is 5.75 Å². The number of halogens is 3. The summed E-state index contributed by atoms with van der Waals surface area (Å²) in [5.41, 5.74) is -1.81. The molecule has 0 spiro atoms. The molecule has 1 aromatic carbocycles. The summed E-state index contributed by atoms with van der Waals surface area (Å²) in [4.78, 5) is 40.7. The Kier molecular flexibility index (Phi) is 8.12. The van der Waals surface area contributed by atoms with Crippen LogP contribution in [0, 0.1) is 22.7 Å². The molecular weight excluding hydrogens is 479 g/mol. The molecule has 1 unspecified atom stereocenters. The minimum atomic E-state index is -3.15. The second-order valence-electron chi connectivity index (χ2n) is 9.28. The molecule has 0 aliphatic carbocycles. The van der Waals surface area contributed by atoms with E-state index in [9.17, 15) is 28.4 Å². The fourth-order valence-corrected chi connectivity index (χ4v) is 4.03. The number of benzene rings is 1. The van der Waals surface area contributed by atoms with E-state index in [4.69, 9.17) is 4.74 Å². The Morgan fingerprint density at radius 2 is 2.00 bits per heavy atom. The van der Waals surface area contributed by atoms with Crippen molar-refractivity contribution >= 4 is 28.6 Å². The molecular formula is C24H28F3N5O4. The highest BCUT2D eigenvalue weighted by Crippen LogP contribution is 2.34. The molecule has 1 aliphatic heterocycles. The monoisotopic (exact) mass is 507 g/mol. The minimum Gasteiger partial charge on any atom is -0.496 e. The molecule has 1 aromatic heterocycles. The number of amides is 3. The van der Waals surface area contributed by atoms with Crippen LogP contribution < -0.4 is 20.7 Å². The van der Waals surface area contributed by atoms with Crippen LogP contribution in [0.3, 0.4) is 0 Å². The first-order valence-electron chi connectivity index (χ1n) is 11.4. The number of alkyl halides is 3. The summed E-state index contributed by atoms with van der Waals surface area (Å²) in [7, 11) is 1.45. The van der Waals surface area contributed by atoms with Gasteiger partial charge in [-0.05, 0) is 31.0 Å². The van der Waals surface area contributed by atoms with Crippen molar-refractivity contribution in [2.45, 2.75) is 51.4 Å². The summed E-state index contributed by atoms with van der Waals surface area (Å²) in [5, 5.41) is 17.1. The van der Waals surface area contributed by atoms with Crippen LogP contribution in [0.2, 0.25) is 0 Å². The van der Waals surface area contributed by atoms with Gasteiger partial charge >= 0.3 is 0 Å². The fourth-order valence-electron chi connectivity index (χ4n) is 4.03. The SMILES string of the molecule is COc1cccc2[nH]c(C(=O)N[C@@H](C(=O)N[C@H](C#N)C[C@@H]3CCNC3=O)C(F)C(C)(C)C(F)F)cc12. The molecule has 2 heterocycles. The number of carbonyl (C=O) groups is 3. The van der Waals surface area contributed by atoms with Gasteiger partial charge in [-0.2, -0.15) is 5.26 Å². The summed E-state index contributed by atoms with van der Waals surface area (Å²) >= 11 is 0. The Hall–Kier alpha value is -3.75. The third-order valence-corrected chi connectivity index (χ3v) is 6.38. The Morgan fingerprint density at radius 3 is 2.58 bits per heavy atom. The van der Waals surface area contributed by atoms with Gasteiger partial charge in [0.2, 0.25) is 18.2 Å². The lowest BCUT2D eigenvalue weighted by Gasteiger charge is -2.33. The van der Waals surface area contributed by atoms with Crippen LogP contribution >= 0.6 is 0 Å². The van der Waals surface area contributed by atoms with Gasteiger partial charge < -0.3 is 25.7 Å². The molecule has 1 aliphatic rings. The van der Waals surface area contributed by atoms with E-state index in [-0.39, 0.29) is 18.0 Å². The zero-order valence-electron chi connectivity index (χ0n) is 20.0. The molecule has 4 N–H and O–H groups in total. The van der Waals surface area contributed by atoms with Gasteiger partial charge in [0.15, 0.2) is 0 Å². The number of nitrogens with zero attached hydrogens (tertiary/aromatic N) is 1. The van der Waals surface area contributed by atoms with Gasteiger partial charge in [0.1, 0.15) is 29.7 Å². The zero-order valence-corrected chi connectivity index (χ0v) is 20.0. The van der Waals surface area contributed by atoms with Crippen LogP contribution in [-0.4, -0.2) is 61.0 Å². The van der Waals surface area contributed by atoms with Gasteiger partial charge in [0.05, 0.1) is 18.6 Å². The lowest BCUT2D eigenvalue weighted by atomic mass is 9.83. The van der Waals surface area contributed by atoms with E-state index < -0.39 is 47.8 Å². The molecule has 1 saturated heterocycles. The van der Waals surface area contributed by atoms with E-state index >= 15 is 4.39 Å². The number of carbonyl (C=O) groups excluding carboxylic acids is 3. The number of H-pyrrole nitrogens is 1. The van der Waals surface area contributed by atoms with E-state index in [0.717, 1.165) is 13.8 Å². The first-order valence-corrected chi connectivity index (χ1v) is 11.4. The first kappa shape index (κ1) is 26.8. The minimum absolute atomic E-state index is 0.0360. The van der Waals surface area contributed by atoms with E-state index in [2.05, 4.69) is 20.9 Å². The molecule has 2 aromatic rings. The molecule has 9 nitrogen and oxygen atoms in total. The predicted octanol–water partition coefficient (Wildman–Crippen LogP) is 2.44. The molecule has 12 heteroatoms. The van der Waals surface area contributed by atoms with Crippen molar-refractivity contribution in [1.82, 2.24) is 20.9 Å². The van der Waals surface area contributed by atoms with Gasteiger partial charge in [0.25, 0.3) is 5.91 Å². The van der Waals surface area contributed by atoms with Crippen molar-refractivity contribution in [2.75, 3.05) is 13.7 Å². The van der Waals surface area contributed by atoms with E-state index in [1.54, 1.807) is 18.2 Å². The van der Waals surface area contributed by atoms with Crippen LogP contribution in [0.1, 0.15) is 37.2 Å². The summed E-state index contributed by atoms with van der Waals surface area (Å²) in [6, 6.07) is 5.07. The van der Waals surface area contributed by atoms with Gasteiger partial charge in [-0.3, -0.25) is 14.4 Å². The largest absolute Gasteiger partial charge is 0.496 e. The lowest BCUT2D eigenvalue weighted by Crippen LogP contribution is -2.58. The maximum Gasteiger partial charge on any atom is 0.268 e. The topological polar surface area (TPSA) is 136 Å². The average Bonchev–Trinajstić information content (AvgIpc) is 3.47. The van der Waals surface area contributed by atoms with Crippen LogP contribution in [0.25, 0.3) is 10.9 Å². The number of hydrogen-bond donors (Lipinski definition) is 4.